The summed E-state index contributed by atoms with van der Waals surface area (Å²) in [5, 5.41) is 4.98. The van der Waals surface area contributed by atoms with Gasteiger partial charge < -0.3 is 15.1 Å². The molecule has 0 aliphatic carbocycles. The lowest BCUT2D eigenvalue weighted by molar-refractivity contribution is -0.119. The van der Waals surface area contributed by atoms with E-state index in [4.69, 9.17) is 4.84 Å². The number of amides is 1. The second-order valence-corrected chi connectivity index (χ2v) is 4.08. The molecule has 0 aromatic carbocycles. The van der Waals surface area contributed by atoms with E-state index in [1.807, 2.05) is 4.90 Å². The molecular weight excluding hydrogens is 194 g/mol. The molecule has 5 nitrogen and oxygen atoms in total. The highest BCUT2D eigenvalue weighted by Gasteiger charge is 2.21. The molecule has 2 rings (SSSR count). The molecule has 2 heterocycles. The van der Waals surface area contributed by atoms with E-state index in [0.717, 1.165) is 52.1 Å². The summed E-state index contributed by atoms with van der Waals surface area (Å²) in [6.45, 7) is 5.08. The van der Waals surface area contributed by atoms with Crippen molar-refractivity contribution in [2.45, 2.75) is 19.3 Å². The average molecular weight is 213 g/mol. The first-order chi connectivity index (χ1) is 7.36. The standard InChI is InChI=1S/C10H19N3O2/c14-10(12-6-2-1-3-7-12)15-13-8-4-11-5-9-13/h11H,1-9H2. The molecule has 2 saturated heterocycles. The topological polar surface area (TPSA) is 44.8 Å². The van der Waals surface area contributed by atoms with Gasteiger partial charge in [-0.15, -0.1) is 5.06 Å². The first-order valence-electron chi connectivity index (χ1n) is 5.79. The lowest BCUT2D eigenvalue weighted by atomic mass is 10.1. The summed E-state index contributed by atoms with van der Waals surface area (Å²) in [7, 11) is 0. The Labute approximate surface area is 90.3 Å². The summed E-state index contributed by atoms with van der Waals surface area (Å²) in [5.41, 5.74) is 0. The maximum absolute atomic E-state index is 11.7. The van der Waals surface area contributed by atoms with Gasteiger partial charge in [0.25, 0.3) is 0 Å². The molecule has 0 unspecified atom stereocenters. The molecule has 5 heteroatoms. The molecule has 0 saturated carbocycles. The van der Waals surface area contributed by atoms with Crippen molar-refractivity contribution in [3.05, 3.63) is 0 Å². The van der Waals surface area contributed by atoms with Crippen LogP contribution in [-0.2, 0) is 4.84 Å². The van der Waals surface area contributed by atoms with Gasteiger partial charge in [0.1, 0.15) is 0 Å². The third kappa shape index (κ3) is 3.07. The van der Waals surface area contributed by atoms with Gasteiger partial charge in [0.2, 0.25) is 0 Å². The molecule has 86 valence electrons. The van der Waals surface area contributed by atoms with Crippen molar-refractivity contribution in [1.29, 1.82) is 0 Å². The van der Waals surface area contributed by atoms with Gasteiger partial charge in [-0.05, 0) is 19.3 Å². The van der Waals surface area contributed by atoms with Crippen LogP contribution in [0.15, 0.2) is 0 Å². The number of hydrogen-bond acceptors (Lipinski definition) is 4. The van der Waals surface area contributed by atoms with Crippen LogP contribution in [0.4, 0.5) is 4.79 Å². The Morgan fingerprint density at radius 2 is 1.67 bits per heavy atom. The molecule has 0 aromatic rings. The van der Waals surface area contributed by atoms with E-state index in [0.29, 0.717) is 0 Å². The minimum absolute atomic E-state index is 0.170. The monoisotopic (exact) mass is 213 g/mol. The van der Waals surface area contributed by atoms with Gasteiger partial charge in [0, 0.05) is 39.3 Å². The zero-order valence-electron chi connectivity index (χ0n) is 9.07. The predicted molar refractivity (Wildman–Crippen MR) is 56.3 cm³/mol. The van der Waals surface area contributed by atoms with Gasteiger partial charge in [0.15, 0.2) is 0 Å². The minimum Gasteiger partial charge on any atom is -0.351 e. The fourth-order valence-corrected chi connectivity index (χ4v) is 1.98. The molecule has 2 fully saturated rings. The van der Waals surface area contributed by atoms with E-state index in [1.165, 1.54) is 6.42 Å². The molecule has 2 aliphatic rings. The number of piperidine rings is 1. The Hall–Kier alpha value is -0.810. The summed E-state index contributed by atoms with van der Waals surface area (Å²) in [6, 6.07) is 0. The van der Waals surface area contributed by atoms with Crippen LogP contribution in [0.5, 0.6) is 0 Å². The summed E-state index contributed by atoms with van der Waals surface area (Å²) in [5.74, 6) is 0. The number of hydroxylamine groups is 2. The predicted octanol–water partition coefficient (Wildman–Crippen LogP) is 0.429. The third-order valence-corrected chi connectivity index (χ3v) is 2.90. The van der Waals surface area contributed by atoms with E-state index in [1.54, 1.807) is 5.06 Å². The fourth-order valence-electron chi connectivity index (χ4n) is 1.98. The molecule has 0 aromatic heterocycles. The first-order valence-corrected chi connectivity index (χ1v) is 5.79. The van der Waals surface area contributed by atoms with Gasteiger partial charge in [-0.3, -0.25) is 0 Å². The number of nitrogens with one attached hydrogen (secondary N) is 1. The lowest BCUT2D eigenvalue weighted by Gasteiger charge is -2.30. The van der Waals surface area contributed by atoms with Gasteiger partial charge in [-0.1, -0.05) is 0 Å². The summed E-state index contributed by atoms with van der Waals surface area (Å²) < 4.78 is 0. The summed E-state index contributed by atoms with van der Waals surface area (Å²) in [6.07, 6.45) is 3.28. The fraction of sp³-hybridized carbons (Fsp3) is 0.900. The van der Waals surface area contributed by atoms with Gasteiger partial charge in [-0.25, -0.2) is 4.79 Å². The molecule has 2 aliphatic heterocycles. The average Bonchev–Trinajstić information content (AvgIpc) is 2.31. The van der Waals surface area contributed by atoms with Crippen LogP contribution in [0.3, 0.4) is 0 Å². The number of hydrogen-bond donors (Lipinski definition) is 1. The van der Waals surface area contributed by atoms with Crippen LogP contribution < -0.4 is 5.32 Å². The van der Waals surface area contributed by atoms with Crippen molar-refractivity contribution in [3.8, 4) is 0 Å². The minimum atomic E-state index is -0.170. The number of nitrogens with zero attached hydrogens (tertiary/aromatic N) is 2. The van der Waals surface area contributed by atoms with Crippen molar-refractivity contribution < 1.29 is 9.63 Å². The molecule has 0 atom stereocenters. The third-order valence-electron chi connectivity index (χ3n) is 2.90. The molecule has 0 radical (unpaired) electrons. The van der Waals surface area contributed by atoms with Crippen LogP contribution in [-0.4, -0.2) is 55.3 Å². The Morgan fingerprint density at radius 3 is 2.33 bits per heavy atom. The number of carbonyl (C=O) groups is 1. The highest BCUT2D eigenvalue weighted by molar-refractivity contribution is 5.67. The van der Waals surface area contributed by atoms with Crippen LogP contribution in [0, 0.1) is 0 Å². The summed E-state index contributed by atoms with van der Waals surface area (Å²) in [4.78, 5) is 18.8. The molecule has 0 bridgehead atoms. The van der Waals surface area contributed by atoms with E-state index in [2.05, 4.69) is 5.32 Å². The van der Waals surface area contributed by atoms with E-state index in [-0.39, 0.29) is 6.09 Å². The van der Waals surface area contributed by atoms with Gasteiger partial charge in [-0.2, -0.15) is 0 Å². The highest BCUT2D eigenvalue weighted by Crippen LogP contribution is 2.10. The van der Waals surface area contributed by atoms with Crippen molar-refractivity contribution in [1.82, 2.24) is 15.3 Å². The maximum Gasteiger partial charge on any atom is 0.428 e. The van der Waals surface area contributed by atoms with Crippen LogP contribution in [0.25, 0.3) is 0 Å². The Morgan fingerprint density at radius 1 is 1.00 bits per heavy atom. The molecule has 15 heavy (non-hydrogen) atoms. The van der Waals surface area contributed by atoms with E-state index < -0.39 is 0 Å². The number of rotatable bonds is 1. The van der Waals surface area contributed by atoms with Crippen molar-refractivity contribution in [3.63, 3.8) is 0 Å². The second kappa shape index (κ2) is 5.32. The van der Waals surface area contributed by atoms with E-state index >= 15 is 0 Å². The SMILES string of the molecule is O=C(ON1CCNCC1)N1CCCCC1. The van der Waals surface area contributed by atoms with E-state index in [9.17, 15) is 4.79 Å². The number of carbonyl (C=O) groups excluding carboxylic acids is 1. The zero-order valence-corrected chi connectivity index (χ0v) is 9.07. The smallest absolute Gasteiger partial charge is 0.351 e. The van der Waals surface area contributed by atoms with Crippen molar-refractivity contribution in [2.24, 2.45) is 0 Å². The first kappa shape index (κ1) is 10.7. The molecular formula is C10H19N3O2. The van der Waals surface area contributed by atoms with Crippen LogP contribution >= 0.6 is 0 Å². The molecule has 1 N–H and O–H groups in total. The van der Waals surface area contributed by atoms with Gasteiger partial charge >= 0.3 is 6.09 Å². The zero-order chi connectivity index (χ0) is 10.5. The van der Waals surface area contributed by atoms with Crippen molar-refractivity contribution >= 4 is 6.09 Å². The van der Waals surface area contributed by atoms with Gasteiger partial charge in [0.05, 0.1) is 0 Å². The number of likely N-dealkylation sites (tertiary alicyclic amines) is 1. The largest absolute Gasteiger partial charge is 0.428 e. The quantitative estimate of drug-likeness (QED) is 0.686. The van der Waals surface area contributed by atoms with Crippen molar-refractivity contribution in [2.75, 3.05) is 39.3 Å². The molecule has 0 spiro atoms. The Balaban J connectivity index is 1.74. The highest BCUT2D eigenvalue weighted by atomic mass is 16.7. The lowest BCUT2D eigenvalue weighted by Crippen LogP contribution is -2.47. The Bertz CT molecular complexity index is 211. The van der Waals surface area contributed by atoms with Crippen LogP contribution in [0.2, 0.25) is 0 Å². The normalized spacial score (nSPS) is 23.9. The maximum atomic E-state index is 11.7. The second-order valence-electron chi connectivity index (χ2n) is 4.08. The molecule has 1 amide bonds. The number of piperazine rings is 1. The van der Waals surface area contributed by atoms with Crippen LogP contribution in [0.1, 0.15) is 19.3 Å². The summed E-state index contributed by atoms with van der Waals surface area (Å²) >= 11 is 0. The Kier molecular flexibility index (Phi) is 3.80.